The van der Waals surface area contributed by atoms with Gasteiger partial charge in [-0.2, -0.15) is 0 Å². The maximum atomic E-state index is 10.0. The fourth-order valence-corrected chi connectivity index (χ4v) is 4.05. The third-order valence-electron chi connectivity index (χ3n) is 5.43. The number of hydrogen-bond acceptors (Lipinski definition) is 7. The van der Waals surface area contributed by atoms with Gasteiger partial charge in [-0.25, -0.2) is 9.97 Å². The fraction of sp³-hybridized carbons (Fsp3) is 0.565. The number of hydrogen-bond donors (Lipinski definition) is 1. The average molecular weight is 415 g/mol. The van der Waals surface area contributed by atoms with Gasteiger partial charge < -0.3 is 19.5 Å². The van der Waals surface area contributed by atoms with Crippen LogP contribution in [0.25, 0.3) is 0 Å². The van der Waals surface area contributed by atoms with E-state index < -0.39 is 6.10 Å². The number of aryl methyl sites for hydroxylation is 2. The number of nitrogens with zero attached hydrogens (tertiary/aromatic N) is 4. The molecule has 1 aliphatic rings. The minimum absolute atomic E-state index is 0.367. The highest BCUT2D eigenvalue weighted by molar-refractivity contribution is 5.52. The molecule has 30 heavy (non-hydrogen) atoms. The first-order valence-electron chi connectivity index (χ1n) is 10.5. The van der Waals surface area contributed by atoms with Crippen LogP contribution in [-0.2, 0) is 22.5 Å². The number of rotatable bonds is 9. The number of piperazine rings is 1. The van der Waals surface area contributed by atoms with E-state index in [9.17, 15) is 5.11 Å². The number of ether oxygens (including phenoxy) is 2. The van der Waals surface area contributed by atoms with Crippen LogP contribution in [0, 0.1) is 13.8 Å². The summed E-state index contributed by atoms with van der Waals surface area (Å²) in [5, 5.41) is 10.0. The van der Waals surface area contributed by atoms with Crippen molar-refractivity contribution >= 4 is 5.82 Å². The summed E-state index contributed by atoms with van der Waals surface area (Å²) in [5.74, 6) is 1.77. The molecule has 0 saturated carbocycles. The van der Waals surface area contributed by atoms with E-state index in [0.29, 0.717) is 19.8 Å². The molecule has 0 spiro atoms. The molecule has 0 aliphatic carbocycles. The maximum Gasteiger partial charge on any atom is 0.136 e. The monoisotopic (exact) mass is 414 g/mol. The molecule has 1 aliphatic heterocycles. The Bertz CT molecular complexity index is 822. The topological polar surface area (TPSA) is 71.0 Å². The van der Waals surface area contributed by atoms with Crippen LogP contribution in [0.15, 0.2) is 24.3 Å². The predicted octanol–water partition coefficient (Wildman–Crippen LogP) is 1.96. The van der Waals surface area contributed by atoms with Gasteiger partial charge in [0, 0.05) is 58.9 Å². The summed E-state index contributed by atoms with van der Waals surface area (Å²) >= 11 is 0. The van der Waals surface area contributed by atoms with Crippen molar-refractivity contribution in [3.63, 3.8) is 0 Å². The van der Waals surface area contributed by atoms with Gasteiger partial charge >= 0.3 is 0 Å². The minimum atomic E-state index is -0.451. The molecule has 1 aromatic heterocycles. The van der Waals surface area contributed by atoms with Crippen molar-refractivity contribution in [2.45, 2.75) is 33.0 Å². The molecule has 0 bridgehead atoms. The Kier molecular flexibility index (Phi) is 8.16. The van der Waals surface area contributed by atoms with E-state index in [2.05, 4.69) is 41.0 Å². The summed E-state index contributed by atoms with van der Waals surface area (Å²) in [7, 11) is 3.32. The number of benzene rings is 1. The van der Waals surface area contributed by atoms with Crippen molar-refractivity contribution in [3.8, 4) is 0 Å². The highest BCUT2D eigenvalue weighted by Crippen LogP contribution is 2.26. The number of methoxy groups -OCH3 is 2. The lowest BCUT2D eigenvalue weighted by molar-refractivity contribution is 0.0365. The number of aromatic nitrogens is 2. The molecule has 1 N–H and O–H groups in total. The largest absolute Gasteiger partial charge is 0.389 e. The van der Waals surface area contributed by atoms with Crippen LogP contribution in [0.3, 0.4) is 0 Å². The molecule has 7 heteroatoms. The Morgan fingerprint density at radius 3 is 2.50 bits per heavy atom. The van der Waals surface area contributed by atoms with Crippen LogP contribution in [0.2, 0.25) is 0 Å². The zero-order valence-electron chi connectivity index (χ0n) is 18.6. The summed E-state index contributed by atoms with van der Waals surface area (Å²) in [6.07, 6.45) is 0.330. The molecule has 1 unspecified atom stereocenters. The van der Waals surface area contributed by atoms with Crippen LogP contribution in [0.4, 0.5) is 5.82 Å². The number of anilines is 1. The molecule has 7 nitrogen and oxygen atoms in total. The van der Waals surface area contributed by atoms with Gasteiger partial charge in [0.2, 0.25) is 0 Å². The highest BCUT2D eigenvalue weighted by Gasteiger charge is 2.24. The van der Waals surface area contributed by atoms with Crippen LogP contribution in [0.1, 0.15) is 28.2 Å². The Morgan fingerprint density at radius 1 is 1.07 bits per heavy atom. The molecule has 1 fully saturated rings. The molecule has 164 valence electrons. The Balaban J connectivity index is 1.81. The molecule has 1 atom stereocenters. The zero-order valence-corrected chi connectivity index (χ0v) is 18.6. The molecule has 3 rings (SSSR count). The molecule has 1 saturated heterocycles. The van der Waals surface area contributed by atoms with Gasteiger partial charge in [0.1, 0.15) is 11.6 Å². The predicted molar refractivity (Wildman–Crippen MR) is 118 cm³/mol. The average Bonchev–Trinajstić information content (AvgIpc) is 2.71. The summed E-state index contributed by atoms with van der Waals surface area (Å²) in [6.45, 7) is 9.02. The molecule has 0 amide bonds. The first-order chi connectivity index (χ1) is 14.5. The van der Waals surface area contributed by atoms with E-state index in [1.54, 1.807) is 14.2 Å². The van der Waals surface area contributed by atoms with Crippen LogP contribution in [0.5, 0.6) is 0 Å². The normalized spacial score (nSPS) is 16.1. The number of aliphatic hydroxyl groups is 1. The summed E-state index contributed by atoms with van der Waals surface area (Å²) in [4.78, 5) is 14.2. The van der Waals surface area contributed by atoms with Crippen molar-refractivity contribution in [2.24, 2.45) is 0 Å². The van der Waals surface area contributed by atoms with E-state index in [1.165, 1.54) is 11.1 Å². The van der Waals surface area contributed by atoms with Gasteiger partial charge in [-0.05, 0) is 19.4 Å². The Labute approximate surface area is 179 Å². The maximum absolute atomic E-state index is 10.0. The van der Waals surface area contributed by atoms with Crippen LogP contribution in [-0.4, -0.2) is 79.6 Å². The second-order valence-corrected chi connectivity index (χ2v) is 8.02. The van der Waals surface area contributed by atoms with Crippen LogP contribution >= 0.6 is 0 Å². The smallest absolute Gasteiger partial charge is 0.136 e. The van der Waals surface area contributed by atoms with E-state index in [0.717, 1.165) is 55.5 Å². The third-order valence-corrected chi connectivity index (χ3v) is 5.43. The third kappa shape index (κ3) is 5.98. The van der Waals surface area contributed by atoms with E-state index in [1.807, 2.05) is 6.92 Å². The molecule has 2 aromatic rings. The van der Waals surface area contributed by atoms with E-state index in [4.69, 9.17) is 19.4 Å². The van der Waals surface area contributed by atoms with E-state index in [-0.39, 0.29) is 0 Å². The minimum Gasteiger partial charge on any atom is -0.389 e. The quantitative estimate of drug-likeness (QED) is 0.673. The standard InChI is InChI=1S/C23H34N4O3/c1-17-6-5-7-19(12-17)13-21-22(16-30-4)24-18(2)25-23(21)27-10-8-26(9-11-27)14-20(28)15-29-3/h5-7,12,20,28H,8-11,13-16H2,1-4H3. The molecular weight excluding hydrogens is 380 g/mol. The second kappa shape index (κ2) is 10.8. The Morgan fingerprint density at radius 2 is 1.83 bits per heavy atom. The zero-order chi connectivity index (χ0) is 21.5. The number of β-amino-alcohol motifs (C(OH)–C–C–N with tert-alkyl or cyclic N) is 1. The first-order valence-corrected chi connectivity index (χ1v) is 10.5. The van der Waals surface area contributed by atoms with E-state index >= 15 is 0 Å². The van der Waals surface area contributed by atoms with Crippen molar-refractivity contribution < 1.29 is 14.6 Å². The van der Waals surface area contributed by atoms with Crippen molar-refractivity contribution in [2.75, 3.05) is 58.5 Å². The van der Waals surface area contributed by atoms with Crippen molar-refractivity contribution in [1.29, 1.82) is 0 Å². The molecule has 0 radical (unpaired) electrons. The van der Waals surface area contributed by atoms with Gasteiger partial charge in [0.15, 0.2) is 0 Å². The van der Waals surface area contributed by atoms with Gasteiger partial charge in [0.25, 0.3) is 0 Å². The Hall–Kier alpha value is -2.06. The summed E-state index contributed by atoms with van der Waals surface area (Å²) in [5.41, 5.74) is 4.60. The molecule has 1 aromatic carbocycles. The van der Waals surface area contributed by atoms with Crippen LogP contribution < -0.4 is 4.90 Å². The van der Waals surface area contributed by atoms with Crippen molar-refractivity contribution in [1.82, 2.24) is 14.9 Å². The second-order valence-electron chi connectivity index (χ2n) is 8.02. The highest BCUT2D eigenvalue weighted by atomic mass is 16.5. The van der Waals surface area contributed by atoms with Crippen molar-refractivity contribution in [3.05, 3.63) is 52.5 Å². The number of aliphatic hydroxyl groups excluding tert-OH is 1. The fourth-order valence-electron chi connectivity index (χ4n) is 4.05. The molecule has 2 heterocycles. The lowest BCUT2D eigenvalue weighted by atomic mass is 10.0. The first kappa shape index (κ1) is 22.6. The molecular formula is C23H34N4O3. The van der Waals surface area contributed by atoms with Gasteiger partial charge in [-0.1, -0.05) is 29.8 Å². The lowest BCUT2D eigenvalue weighted by Crippen LogP contribution is -2.49. The van der Waals surface area contributed by atoms with Gasteiger partial charge in [-0.15, -0.1) is 0 Å². The summed E-state index contributed by atoms with van der Waals surface area (Å²) < 4.78 is 10.5. The summed E-state index contributed by atoms with van der Waals surface area (Å²) in [6, 6.07) is 8.58. The SMILES string of the molecule is COCc1nc(C)nc(N2CCN(CC(O)COC)CC2)c1Cc1cccc(C)c1. The lowest BCUT2D eigenvalue weighted by Gasteiger charge is -2.37. The van der Waals surface area contributed by atoms with Gasteiger partial charge in [-0.3, -0.25) is 4.90 Å². The van der Waals surface area contributed by atoms with Gasteiger partial charge in [0.05, 0.1) is 25.0 Å².